The molecular weight excluding hydrogens is 150 g/mol. The van der Waals surface area contributed by atoms with Crippen LogP contribution in [0.3, 0.4) is 0 Å². The maximum atomic E-state index is 6.02. The number of H-pyrrole nitrogens is 1. The number of aromatic nitrogens is 2. The second-order valence-corrected chi connectivity index (χ2v) is 3.86. The molecule has 2 unspecified atom stereocenters. The highest BCUT2D eigenvalue weighted by atomic mass is 15.1. The molecule has 1 aromatic rings. The van der Waals surface area contributed by atoms with Crippen molar-refractivity contribution in [2.75, 3.05) is 0 Å². The van der Waals surface area contributed by atoms with Crippen LogP contribution in [0, 0.1) is 12.8 Å². The number of hydrogen-bond acceptors (Lipinski definition) is 2. The topological polar surface area (TPSA) is 54.7 Å². The summed E-state index contributed by atoms with van der Waals surface area (Å²) in [7, 11) is 0. The Morgan fingerprint density at radius 1 is 1.58 bits per heavy atom. The normalized spacial score (nSPS) is 28.6. The third-order valence-corrected chi connectivity index (χ3v) is 2.64. The molecule has 0 saturated carbocycles. The van der Waals surface area contributed by atoms with E-state index in [0.29, 0.717) is 5.92 Å². The lowest BCUT2D eigenvalue weighted by molar-refractivity contribution is 0.434. The van der Waals surface area contributed by atoms with Crippen LogP contribution in [-0.4, -0.2) is 10.2 Å². The van der Waals surface area contributed by atoms with Gasteiger partial charge >= 0.3 is 0 Å². The van der Waals surface area contributed by atoms with Crippen LogP contribution in [0.5, 0.6) is 0 Å². The quantitative estimate of drug-likeness (QED) is 0.608. The van der Waals surface area contributed by atoms with Crippen molar-refractivity contribution in [1.29, 1.82) is 0 Å². The molecule has 0 saturated heterocycles. The molecule has 3 nitrogen and oxygen atoms in total. The largest absolute Gasteiger partial charge is 0.324 e. The summed E-state index contributed by atoms with van der Waals surface area (Å²) in [6.07, 6.45) is 2.17. The SMILES string of the molecule is Cc1[nH]nc2c1C(N)CC(C)C2. The Morgan fingerprint density at radius 3 is 3.08 bits per heavy atom. The van der Waals surface area contributed by atoms with Crippen molar-refractivity contribution in [3.63, 3.8) is 0 Å². The molecule has 0 fully saturated rings. The van der Waals surface area contributed by atoms with Crippen LogP contribution in [-0.2, 0) is 6.42 Å². The smallest absolute Gasteiger partial charge is 0.0675 e. The standard InChI is InChI=1S/C9H15N3/c1-5-3-7(10)9-6(2)11-12-8(9)4-5/h5,7H,3-4,10H2,1-2H3,(H,11,12). The minimum absolute atomic E-state index is 0.197. The molecule has 1 heterocycles. The second-order valence-electron chi connectivity index (χ2n) is 3.86. The van der Waals surface area contributed by atoms with E-state index < -0.39 is 0 Å². The van der Waals surface area contributed by atoms with Crippen molar-refractivity contribution in [3.8, 4) is 0 Å². The number of hydrogen-bond donors (Lipinski definition) is 2. The highest BCUT2D eigenvalue weighted by Crippen LogP contribution is 2.31. The average Bonchev–Trinajstić information content (AvgIpc) is 2.31. The Hall–Kier alpha value is -0.830. The number of fused-ring (bicyclic) bond motifs is 1. The molecule has 66 valence electrons. The fourth-order valence-electron chi connectivity index (χ4n) is 2.10. The predicted octanol–water partition coefficient (Wildman–Crippen LogP) is 1.30. The molecule has 1 aliphatic carbocycles. The predicted molar refractivity (Wildman–Crippen MR) is 47.7 cm³/mol. The molecule has 1 aliphatic rings. The van der Waals surface area contributed by atoms with Crippen molar-refractivity contribution in [2.24, 2.45) is 11.7 Å². The molecule has 1 aromatic heterocycles. The fourth-order valence-corrected chi connectivity index (χ4v) is 2.10. The summed E-state index contributed by atoms with van der Waals surface area (Å²) in [6.45, 7) is 4.27. The van der Waals surface area contributed by atoms with Gasteiger partial charge in [-0.25, -0.2) is 0 Å². The van der Waals surface area contributed by atoms with E-state index in [-0.39, 0.29) is 6.04 Å². The first-order chi connectivity index (χ1) is 5.68. The monoisotopic (exact) mass is 165 g/mol. The number of aromatic amines is 1. The zero-order valence-corrected chi connectivity index (χ0v) is 7.59. The summed E-state index contributed by atoms with van der Waals surface area (Å²) in [4.78, 5) is 0. The molecule has 2 atom stereocenters. The molecule has 0 aromatic carbocycles. The second kappa shape index (κ2) is 2.59. The van der Waals surface area contributed by atoms with Crippen LogP contribution in [0.2, 0.25) is 0 Å². The van der Waals surface area contributed by atoms with Crippen LogP contribution >= 0.6 is 0 Å². The molecule has 0 aliphatic heterocycles. The Labute approximate surface area is 72.4 Å². The Morgan fingerprint density at radius 2 is 2.33 bits per heavy atom. The zero-order chi connectivity index (χ0) is 8.72. The Balaban J connectivity index is 2.43. The third-order valence-electron chi connectivity index (χ3n) is 2.64. The number of rotatable bonds is 0. The van der Waals surface area contributed by atoms with E-state index in [1.54, 1.807) is 0 Å². The van der Waals surface area contributed by atoms with Gasteiger partial charge in [-0.2, -0.15) is 5.10 Å². The minimum Gasteiger partial charge on any atom is -0.324 e. The van der Waals surface area contributed by atoms with E-state index in [9.17, 15) is 0 Å². The van der Waals surface area contributed by atoms with Crippen molar-refractivity contribution >= 4 is 0 Å². The van der Waals surface area contributed by atoms with Crippen LogP contribution in [0.4, 0.5) is 0 Å². The van der Waals surface area contributed by atoms with Crippen molar-refractivity contribution in [2.45, 2.75) is 32.7 Å². The van der Waals surface area contributed by atoms with E-state index in [2.05, 4.69) is 17.1 Å². The molecule has 0 amide bonds. The van der Waals surface area contributed by atoms with Gasteiger partial charge in [0.2, 0.25) is 0 Å². The van der Waals surface area contributed by atoms with Gasteiger partial charge in [0.1, 0.15) is 0 Å². The molecule has 3 heteroatoms. The lowest BCUT2D eigenvalue weighted by Gasteiger charge is -2.23. The van der Waals surface area contributed by atoms with Gasteiger partial charge in [-0.15, -0.1) is 0 Å². The van der Waals surface area contributed by atoms with Crippen LogP contribution in [0.1, 0.15) is 36.3 Å². The summed E-state index contributed by atoms with van der Waals surface area (Å²) in [6, 6.07) is 0.197. The molecular formula is C9H15N3. The van der Waals surface area contributed by atoms with Gasteiger partial charge in [0, 0.05) is 17.3 Å². The number of nitrogens with zero attached hydrogens (tertiary/aromatic N) is 1. The number of aryl methyl sites for hydroxylation is 1. The first-order valence-corrected chi connectivity index (χ1v) is 4.47. The third kappa shape index (κ3) is 1.05. The van der Waals surface area contributed by atoms with Gasteiger partial charge in [0.05, 0.1) is 5.69 Å². The zero-order valence-electron chi connectivity index (χ0n) is 7.59. The van der Waals surface area contributed by atoms with Gasteiger partial charge < -0.3 is 5.73 Å². The van der Waals surface area contributed by atoms with Crippen molar-refractivity contribution in [1.82, 2.24) is 10.2 Å². The number of nitrogens with two attached hydrogens (primary N) is 1. The highest BCUT2D eigenvalue weighted by Gasteiger charge is 2.25. The maximum Gasteiger partial charge on any atom is 0.0675 e. The van der Waals surface area contributed by atoms with Gasteiger partial charge in [-0.3, -0.25) is 5.10 Å². The van der Waals surface area contributed by atoms with E-state index in [4.69, 9.17) is 5.73 Å². The van der Waals surface area contributed by atoms with Gasteiger partial charge in [0.15, 0.2) is 0 Å². The van der Waals surface area contributed by atoms with Crippen LogP contribution < -0.4 is 5.73 Å². The number of nitrogens with one attached hydrogen (secondary N) is 1. The van der Waals surface area contributed by atoms with Gasteiger partial charge in [0.25, 0.3) is 0 Å². The minimum atomic E-state index is 0.197. The Kier molecular flexibility index (Phi) is 1.68. The molecule has 3 N–H and O–H groups in total. The van der Waals surface area contributed by atoms with E-state index in [1.165, 1.54) is 11.3 Å². The first kappa shape index (κ1) is 7.80. The molecule has 0 radical (unpaired) electrons. The van der Waals surface area contributed by atoms with Crippen molar-refractivity contribution < 1.29 is 0 Å². The average molecular weight is 165 g/mol. The molecule has 0 spiro atoms. The summed E-state index contributed by atoms with van der Waals surface area (Å²) >= 11 is 0. The lowest BCUT2D eigenvalue weighted by Crippen LogP contribution is -2.22. The summed E-state index contributed by atoms with van der Waals surface area (Å²) in [5, 5.41) is 7.25. The van der Waals surface area contributed by atoms with Crippen molar-refractivity contribution in [3.05, 3.63) is 17.0 Å². The Bertz CT molecular complexity index is 290. The molecule has 2 rings (SSSR count). The molecule has 12 heavy (non-hydrogen) atoms. The van der Waals surface area contributed by atoms with Crippen LogP contribution in [0.25, 0.3) is 0 Å². The summed E-state index contributed by atoms with van der Waals surface area (Å²) < 4.78 is 0. The summed E-state index contributed by atoms with van der Waals surface area (Å²) in [5.74, 6) is 0.676. The van der Waals surface area contributed by atoms with Crippen LogP contribution in [0.15, 0.2) is 0 Å². The fraction of sp³-hybridized carbons (Fsp3) is 0.667. The first-order valence-electron chi connectivity index (χ1n) is 4.47. The van der Waals surface area contributed by atoms with E-state index >= 15 is 0 Å². The summed E-state index contributed by atoms with van der Waals surface area (Å²) in [5.41, 5.74) is 9.60. The van der Waals surface area contributed by atoms with E-state index in [1.807, 2.05) is 6.92 Å². The highest BCUT2D eigenvalue weighted by molar-refractivity contribution is 5.30. The lowest BCUT2D eigenvalue weighted by atomic mass is 9.85. The maximum absolute atomic E-state index is 6.02. The molecule has 0 bridgehead atoms. The van der Waals surface area contributed by atoms with Gasteiger partial charge in [-0.05, 0) is 25.7 Å². The van der Waals surface area contributed by atoms with Gasteiger partial charge in [-0.1, -0.05) is 6.92 Å². The van der Waals surface area contributed by atoms with E-state index in [0.717, 1.165) is 18.5 Å².